The minimum Gasteiger partial charge on any atom is -0.313 e. The molecule has 0 amide bonds. The highest BCUT2D eigenvalue weighted by Crippen LogP contribution is 2.62. The summed E-state index contributed by atoms with van der Waals surface area (Å²) in [6.45, 7) is 24.9. The van der Waals surface area contributed by atoms with Gasteiger partial charge in [0.15, 0.2) is 0 Å². The molecule has 0 radical (unpaired) electrons. The van der Waals surface area contributed by atoms with Gasteiger partial charge in [-0.05, 0) is 72.8 Å². The van der Waals surface area contributed by atoms with Gasteiger partial charge in [0, 0.05) is 17.2 Å². The number of hydrogen-bond acceptors (Lipinski definition) is 2. The first kappa shape index (κ1) is 26.1. The molecule has 2 nitrogen and oxygen atoms in total. The summed E-state index contributed by atoms with van der Waals surface area (Å²) >= 11 is 0. The Morgan fingerprint density at radius 1 is 0.935 bits per heavy atom. The molecule has 5 heteroatoms. The lowest BCUT2D eigenvalue weighted by Crippen LogP contribution is -2.56. The molecular formula is C26H50N2P2Si. The summed E-state index contributed by atoms with van der Waals surface area (Å²) < 4.78 is 0. The van der Waals surface area contributed by atoms with Crippen molar-refractivity contribution in [1.82, 2.24) is 10.6 Å². The minimum atomic E-state index is -1.33. The van der Waals surface area contributed by atoms with Gasteiger partial charge in [-0.2, -0.15) is 0 Å². The Hall–Kier alpha value is 0.477. The standard InChI is InChI=1S/C26H50N2P2Si/c1-24(2,3)30(25(4,5)6)18-19-16-20(31(7,8)9)17-21(19)26(29,22-12-10-14-27-22)23-13-11-15-28-23/h16,22-23,27-28H,10-15,17-18,29H2,1-9H3. The lowest BCUT2D eigenvalue weighted by atomic mass is 9.80. The Morgan fingerprint density at radius 2 is 1.42 bits per heavy atom. The van der Waals surface area contributed by atoms with E-state index in [1.54, 1.807) is 16.3 Å². The van der Waals surface area contributed by atoms with Gasteiger partial charge in [0.05, 0.1) is 8.07 Å². The molecule has 0 saturated carbocycles. The molecule has 0 aromatic rings. The average molecular weight is 481 g/mol. The summed E-state index contributed by atoms with van der Waals surface area (Å²) in [4.78, 5) is 0. The van der Waals surface area contributed by atoms with Crippen LogP contribution in [-0.4, -0.2) is 54.9 Å². The fraction of sp³-hybridized carbons (Fsp3) is 0.846. The van der Waals surface area contributed by atoms with E-state index >= 15 is 0 Å². The van der Waals surface area contributed by atoms with Crippen molar-refractivity contribution in [3.63, 3.8) is 0 Å². The molecule has 31 heavy (non-hydrogen) atoms. The van der Waals surface area contributed by atoms with Crippen LogP contribution in [0.25, 0.3) is 0 Å². The molecular weight excluding hydrogens is 430 g/mol. The first-order chi connectivity index (χ1) is 14.1. The van der Waals surface area contributed by atoms with Crippen molar-refractivity contribution in [1.29, 1.82) is 0 Å². The molecule has 2 fully saturated rings. The molecule has 0 aromatic heterocycles. The number of allylic oxidation sites excluding steroid dienone is 3. The van der Waals surface area contributed by atoms with Crippen LogP contribution in [0.3, 0.4) is 0 Å². The second kappa shape index (κ2) is 9.26. The Morgan fingerprint density at radius 3 is 1.77 bits per heavy atom. The highest BCUT2D eigenvalue weighted by Gasteiger charge is 2.49. The fourth-order valence-corrected chi connectivity index (χ4v) is 12.0. The maximum absolute atomic E-state index is 3.94. The normalized spacial score (nSPS) is 27.9. The van der Waals surface area contributed by atoms with Gasteiger partial charge in [-0.3, -0.25) is 0 Å². The maximum atomic E-state index is 3.94. The van der Waals surface area contributed by atoms with Crippen LogP contribution < -0.4 is 10.6 Å². The van der Waals surface area contributed by atoms with E-state index < -0.39 is 8.07 Å². The third kappa shape index (κ3) is 5.59. The van der Waals surface area contributed by atoms with Crippen molar-refractivity contribution in [2.45, 2.75) is 121 Å². The fourth-order valence-electron chi connectivity index (χ4n) is 6.21. The number of rotatable bonds is 6. The van der Waals surface area contributed by atoms with E-state index in [2.05, 4.69) is 87.1 Å². The van der Waals surface area contributed by atoms with Crippen LogP contribution in [0.2, 0.25) is 19.6 Å². The van der Waals surface area contributed by atoms with E-state index in [9.17, 15) is 0 Å². The zero-order chi connectivity index (χ0) is 23.2. The van der Waals surface area contributed by atoms with Crippen LogP contribution in [-0.2, 0) is 0 Å². The molecule has 3 unspecified atom stereocenters. The molecule has 1 aliphatic carbocycles. The second-order valence-electron chi connectivity index (χ2n) is 13.3. The smallest absolute Gasteiger partial charge is 0.0728 e. The molecule has 0 bridgehead atoms. The van der Waals surface area contributed by atoms with E-state index in [0.29, 0.717) is 22.4 Å². The van der Waals surface area contributed by atoms with Gasteiger partial charge in [-0.25, -0.2) is 0 Å². The quantitative estimate of drug-likeness (QED) is 0.327. The van der Waals surface area contributed by atoms with Gasteiger partial charge >= 0.3 is 0 Å². The SMILES string of the molecule is CC(C)(C)P(CC1=C(C(P)(C2CCCN2)C2CCCN2)CC([Si](C)(C)C)=C1)C(C)(C)C. The van der Waals surface area contributed by atoms with Crippen LogP contribution in [0.4, 0.5) is 0 Å². The highest BCUT2D eigenvalue weighted by molar-refractivity contribution is 7.61. The molecule has 0 aromatic carbocycles. The third-order valence-electron chi connectivity index (χ3n) is 7.81. The van der Waals surface area contributed by atoms with E-state index in [4.69, 9.17) is 0 Å². The van der Waals surface area contributed by atoms with Crippen LogP contribution in [0.5, 0.6) is 0 Å². The number of nitrogens with one attached hydrogen (secondary N) is 2. The zero-order valence-electron chi connectivity index (χ0n) is 21.9. The molecule has 2 N–H and O–H groups in total. The van der Waals surface area contributed by atoms with Gasteiger partial charge in [-0.1, -0.05) is 80.4 Å². The maximum Gasteiger partial charge on any atom is 0.0728 e. The molecule has 2 aliphatic heterocycles. The van der Waals surface area contributed by atoms with Crippen molar-refractivity contribution >= 4 is 25.2 Å². The van der Waals surface area contributed by atoms with Gasteiger partial charge in [-0.15, -0.1) is 9.24 Å². The van der Waals surface area contributed by atoms with Crippen molar-refractivity contribution in [3.05, 3.63) is 22.4 Å². The predicted octanol–water partition coefficient (Wildman–Crippen LogP) is 6.69. The molecule has 3 aliphatic rings. The lowest BCUT2D eigenvalue weighted by molar-refractivity contribution is 0.382. The summed E-state index contributed by atoms with van der Waals surface area (Å²) in [5.74, 6) is 0. The minimum absolute atomic E-state index is 0.144. The summed E-state index contributed by atoms with van der Waals surface area (Å²) in [6, 6.07) is 1.17. The molecule has 0 spiro atoms. The van der Waals surface area contributed by atoms with Crippen molar-refractivity contribution in [2.75, 3.05) is 19.3 Å². The summed E-state index contributed by atoms with van der Waals surface area (Å²) in [5, 5.41) is 10.5. The van der Waals surface area contributed by atoms with E-state index in [1.165, 1.54) is 51.4 Å². The van der Waals surface area contributed by atoms with E-state index in [1.807, 2.05) is 0 Å². The number of hydrogen-bond donors (Lipinski definition) is 2. The monoisotopic (exact) mass is 480 g/mol. The van der Waals surface area contributed by atoms with Gasteiger partial charge < -0.3 is 10.6 Å². The van der Waals surface area contributed by atoms with Crippen LogP contribution in [0.1, 0.15) is 73.6 Å². The van der Waals surface area contributed by atoms with Crippen LogP contribution in [0, 0.1) is 0 Å². The molecule has 3 rings (SSSR count). The molecule has 2 heterocycles. The largest absolute Gasteiger partial charge is 0.313 e. The third-order valence-corrected chi connectivity index (χ3v) is 15.1. The van der Waals surface area contributed by atoms with Gasteiger partial charge in [0.2, 0.25) is 0 Å². The Kier molecular flexibility index (Phi) is 7.79. The highest BCUT2D eigenvalue weighted by atomic mass is 31.1. The van der Waals surface area contributed by atoms with Gasteiger partial charge in [0.1, 0.15) is 0 Å². The summed E-state index contributed by atoms with van der Waals surface area (Å²) in [5.41, 5.74) is 3.49. The van der Waals surface area contributed by atoms with E-state index in [0.717, 1.165) is 0 Å². The Balaban J connectivity index is 2.09. The Bertz CT molecular complexity index is 679. The van der Waals surface area contributed by atoms with Crippen molar-refractivity contribution in [2.24, 2.45) is 0 Å². The summed E-state index contributed by atoms with van der Waals surface area (Å²) in [6.07, 6.45) is 10.5. The van der Waals surface area contributed by atoms with Crippen LogP contribution in [0.15, 0.2) is 22.4 Å². The molecule has 2 saturated heterocycles. The van der Waals surface area contributed by atoms with Crippen LogP contribution >= 0.6 is 17.2 Å². The summed E-state index contributed by atoms with van der Waals surface area (Å²) in [7, 11) is 1.98. The topological polar surface area (TPSA) is 24.1 Å². The van der Waals surface area contributed by atoms with Crippen molar-refractivity contribution in [3.8, 4) is 0 Å². The second-order valence-corrected chi connectivity index (χ2v) is 23.2. The first-order valence-electron chi connectivity index (χ1n) is 12.6. The molecule has 178 valence electrons. The Labute approximate surface area is 198 Å². The van der Waals surface area contributed by atoms with Gasteiger partial charge in [0.25, 0.3) is 0 Å². The van der Waals surface area contributed by atoms with E-state index in [-0.39, 0.29) is 13.1 Å². The predicted molar refractivity (Wildman–Crippen MR) is 149 cm³/mol. The molecule has 3 atom stereocenters. The lowest BCUT2D eigenvalue weighted by Gasteiger charge is -2.45. The van der Waals surface area contributed by atoms with Crippen molar-refractivity contribution < 1.29 is 0 Å². The first-order valence-corrected chi connectivity index (χ1v) is 18.2. The average Bonchev–Trinajstić information content (AvgIpc) is 3.38. The zero-order valence-corrected chi connectivity index (χ0v) is 25.0.